The number of hydrogen-bond donors (Lipinski definition) is 4. The second-order valence-corrected chi connectivity index (χ2v) is 31.7. The van der Waals surface area contributed by atoms with Gasteiger partial charge in [0.2, 0.25) is 0 Å². The molecule has 378 valence electrons. The van der Waals surface area contributed by atoms with E-state index in [4.69, 9.17) is 36.4 Å². The van der Waals surface area contributed by atoms with Crippen molar-refractivity contribution in [1.29, 1.82) is 5.26 Å². The maximum atomic E-state index is 15.3. The number of H-pyrrole nitrogens is 1. The molecule has 0 spiro atoms. The van der Waals surface area contributed by atoms with E-state index >= 15 is 4.57 Å². The van der Waals surface area contributed by atoms with Gasteiger partial charge in [0.25, 0.3) is 11.5 Å². The Kier molecular flexibility index (Phi) is 15.9. The van der Waals surface area contributed by atoms with Gasteiger partial charge in [0.05, 0.1) is 50.5 Å². The Bertz CT molecular complexity index is 2830. The van der Waals surface area contributed by atoms with Crippen LogP contribution in [0.4, 0.5) is 5.82 Å². The largest absolute Gasteiger partial charge is 0.695 e. The maximum Gasteiger partial charge on any atom is 0.695 e. The zero-order valence-electron chi connectivity index (χ0n) is 40.5. The first kappa shape index (κ1) is 53.3. The van der Waals surface area contributed by atoms with Crippen molar-refractivity contribution in [3.05, 3.63) is 77.5 Å². The molecule has 4 aromatic heterocycles. The van der Waals surface area contributed by atoms with Crippen LogP contribution in [0.5, 0.6) is 0 Å². The first-order valence-electron chi connectivity index (χ1n) is 22.5. The number of nitrogens with one attached hydrogen (secondary N) is 2. The van der Waals surface area contributed by atoms with Gasteiger partial charge >= 0.3 is 16.1 Å². The summed E-state index contributed by atoms with van der Waals surface area (Å²) < 4.78 is 82.0. The van der Waals surface area contributed by atoms with Gasteiger partial charge in [-0.1, -0.05) is 59.7 Å². The highest BCUT2D eigenvalue weighted by Crippen LogP contribution is 2.56. The summed E-state index contributed by atoms with van der Waals surface area (Å²) in [5, 5.41) is 22.5. The molecule has 0 radical (unpaired) electrons. The summed E-state index contributed by atoms with van der Waals surface area (Å²) in [5.74, 6) is -0.309. The number of carbonyl (C=O) groups is 1. The zero-order valence-corrected chi connectivity index (χ0v) is 44.3. The van der Waals surface area contributed by atoms with Gasteiger partial charge in [-0.05, 0) is 54.5 Å². The lowest BCUT2D eigenvalue weighted by Gasteiger charge is -2.41. The molecular weight excluding hydrogens is 985 g/mol. The molecule has 10 atom stereocenters. The summed E-state index contributed by atoms with van der Waals surface area (Å²) in [4.78, 5) is 56.3. The lowest BCUT2D eigenvalue weighted by Crippen LogP contribution is -2.50. The monoisotopic (exact) mass is 1040 g/mol. The Morgan fingerprint density at radius 1 is 0.886 bits per heavy atom. The fourth-order valence-electron chi connectivity index (χ4n) is 7.48. The van der Waals surface area contributed by atoms with Crippen LogP contribution < -0.4 is 10.9 Å². The molecule has 0 saturated carbocycles. The van der Waals surface area contributed by atoms with Crippen molar-refractivity contribution in [3.63, 3.8) is 0 Å². The molecule has 27 heteroatoms. The summed E-state index contributed by atoms with van der Waals surface area (Å²) in [5.41, 5.74) is 0.742. The average Bonchev–Trinajstić information content (AvgIpc) is 4.07. The smallest absolute Gasteiger partial charge is 0.408 e. The normalized spacial score (nSPS) is 24.5. The van der Waals surface area contributed by atoms with Crippen LogP contribution in [0.3, 0.4) is 0 Å². The van der Waals surface area contributed by atoms with Crippen LogP contribution >= 0.6 is 16.1 Å². The summed E-state index contributed by atoms with van der Waals surface area (Å²) in [6.07, 6.45) is -4.58. The molecule has 7 rings (SSSR count). The molecule has 23 nitrogen and oxygen atoms in total. The number of hydrogen-bond acceptors (Lipinski definition) is 18. The van der Waals surface area contributed by atoms with Crippen molar-refractivity contribution in [2.24, 2.45) is 0 Å². The minimum Gasteiger partial charge on any atom is -0.408 e. The Balaban J connectivity index is 1.25. The van der Waals surface area contributed by atoms with E-state index in [9.17, 15) is 29.4 Å². The van der Waals surface area contributed by atoms with E-state index in [0.29, 0.717) is 11.1 Å². The van der Waals surface area contributed by atoms with Crippen LogP contribution in [-0.4, -0.2) is 123 Å². The van der Waals surface area contributed by atoms with Crippen LogP contribution in [0.1, 0.15) is 70.8 Å². The molecule has 2 fully saturated rings. The first-order chi connectivity index (χ1) is 32.9. The van der Waals surface area contributed by atoms with Gasteiger partial charge in [-0.15, -0.1) is 9.42 Å². The van der Waals surface area contributed by atoms with Crippen LogP contribution in [0.25, 0.3) is 22.2 Å². The number of aliphatic hydroxyl groups excluding tert-OH is 1. The van der Waals surface area contributed by atoms with Gasteiger partial charge in [0, 0.05) is 16.3 Å². The number of benzene rings is 1. The van der Waals surface area contributed by atoms with Gasteiger partial charge in [-0.3, -0.25) is 27.7 Å². The molecule has 1 amide bonds. The van der Waals surface area contributed by atoms with Crippen molar-refractivity contribution in [1.82, 2.24) is 34.1 Å². The number of aromatic amines is 1. The van der Waals surface area contributed by atoms with E-state index < -0.39 is 123 Å². The van der Waals surface area contributed by atoms with Crippen molar-refractivity contribution in [2.75, 3.05) is 25.1 Å². The molecule has 5 aromatic rings. The molecule has 2 saturated heterocycles. The lowest BCUT2D eigenvalue weighted by atomic mass is 10.1. The van der Waals surface area contributed by atoms with Gasteiger partial charge in [-0.25, -0.2) is 24.5 Å². The Morgan fingerprint density at radius 3 is 2.16 bits per heavy atom. The van der Waals surface area contributed by atoms with Crippen LogP contribution in [0.15, 0.2) is 66.4 Å². The van der Waals surface area contributed by atoms with Crippen molar-refractivity contribution in [3.8, 4) is 6.07 Å². The Labute approximate surface area is 407 Å². The van der Waals surface area contributed by atoms with Crippen molar-refractivity contribution >= 4 is 66.6 Å². The SMILES string of the molecule is CC(C)(C)[Si](C)(C)O[C@@H]1[C@H](OP(=O)(OCCC#N)OC[C@H]2O[C@@H](n3cnc4c(=O)[nH]ccc43)[C@H](O[P+](=O)O)[C@@H]2O[Si](C)(C)C(C)(C)C)[C@@H](CO)O[C@H]1n1cnc2c(NC(=O)c3ccccc3)ncnc21. The number of pyridine rings is 1. The summed E-state index contributed by atoms with van der Waals surface area (Å²) in [7, 11) is -13.7. The van der Waals surface area contributed by atoms with E-state index in [0.717, 1.165) is 0 Å². The van der Waals surface area contributed by atoms with Crippen molar-refractivity contribution in [2.45, 2.75) is 133 Å². The average molecular weight is 1050 g/mol. The number of rotatable bonds is 19. The van der Waals surface area contributed by atoms with E-state index in [2.05, 4.69) is 30.2 Å². The molecule has 4 N–H and O–H groups in total. The molecule has 70 heavy (non-hydrogen) atoms. The standard InChI is InChI=1S/C43H59N9O14P2Si2/c1-42(2,3)69(7,8)65-33-29(62-40(34(33)63-67(56)57)51-24-48-30-27(51)17-19-45-39(30)55)22-60-68(58,59-20-14-18-44)64-32-28(21-53)61-41(35(32)66-70(9,10)43(4,5)6)52-25-49-31-36(46-23-47-37(31)52)50-38(54)26-15-12-11-13-16-26/h11-13,15-17,19,23-25,28-29,32-35,40-41,53H,14,20-22H2,1-10H3,(H2-,45,46,47,50,54,55,56,57)/p+1/t28-,29-,32-,33-,34-,35-,40-,41-,68?/m1/s1. The molecular formula is C43H60N9O14P2Si2+. The molecule has 0 aliphatic carbocycles. The Hall–Kier alpha value is -4.49. The van der Waals surface area contributed by atoms with E-state index in [-0.39, 0.29) is 28.9 Å². The third-order valence-corrected chi connectivity index (χ3v) is 24.1. The summed E-state index contributed by atoms with van der Waals surface area (Å²) >= 11 is 0. The first-order valence-corrected chi connectivity index (χ1v) is 30.9. The number of phosphoric acid groups is 1. The third-order valence-electron chi connectivity index (χ3n) is 13.2. The number of amides is 1. The molecule has 2 unspecified atom stereocenters. The minimum absolute atomic E-state index is 0.0694. The van der Waals surface area contributed by atoms with Crippen LogP contribution in [-0.2, 0) is 45.6 Å². The maximum absolute atomic E-state index is 15.3. The number of anilines is 1. The van der Waals surface area contributed by atoms with E-state index in [1.807, 2.05) is 73.8 Å². The fraction of sp³-hybridized carbons (Fsp3) is 0.558. The van der Waals surface area contributed by atoms with Gasteiger partial charge in [0.15, 0.2) is 57.7 Å². The molecule has 2 aliphatic rings. The van der Waals surface area contributed by atoms with Gasteiger partial charge < -0.3 is 38.3 Å². The number of nitrogens with zero attached hydrogens (tertiary/aromatic N) is 7. The second kappa shape index (κ2) is 20.9. The minimum atomic E-state index is -4.87. The highest BCUT2D eigenvalue weighted by atomic mass is 31.2. The molecule has 0 bridgehead atoms. The fourth-order valence-corrected chi connectivity index (χ4v) is 11.9. The number of carbonyl (C=O) groups excluding carboxylic acids is 1. The van der Waals surface area contributed by atoms with E-state index in [1.54, 1.807) is 41.0 Å². The number of aliphatic hydroxyl groups is 1. The summed E-state index contributed by atoms with van der Waals surface area (Å²) in [6, 6.07) is 12.1. The molecule has 1 aromatic carbocycles. The molecule has 6 heterocycles. The second-order valence-electron chi connectivity index (χ2n) is 19.9. The number of fused-ring (bicyclic) bond motifs is 2. The highest BCUT2D eigenvalue weighted by molar-refractivity contribution is 7.48. The van der Waals surface area contributed by atoms with Crippen molar-refractivity contribution < 1.29 is 60.3 Å². The zero-order chi connectivity index (χ0) is 51.0. The third kappa shape index (κ3) is 11.3. The number of ether oxygens (including phenoxy) is 2. The topological polar surface area (TPSA) is 296 Å². The predicted octanol–water partition coefficient (Wildman–Crippen LogP) is 6.86. The number of nitriles is 1. The predicted molar refractivity (Wildman–Crippen MR) is 258 cm³/mol. The summed E-state index contributed by atoms with van der Waals surface area (Å²) in [6.45, 7) is 18.3. The number of imidazole rings is 2. The lowest BCUT2D eigenvalue weighted by molar-refractivity contribution is -0.0591. The van der Waals surface area contributed by atoms with Crippen LogP contribution in [0, 0.1) is 11.3 Å². The van der Waals surface area contributed by atoms with E-state index in [1.165, 1.54) is 29.7 Å². The molecule has 2 aliphatic heterocycles. The van der Waals surface area contributed by atoms with Gasteiger partial charge in [-0.2, -0.15) is 5.26 Å². The Morgan fingerprint density at radius 2 is 1.51 bits per heavy atom. The van der Waals surface area contributed by atoms with Crippen LogP contribution in [0.2, 0.25) is 36.3 Å². The number of phosphoric ester groups is 1. The quantitative estimate of drug-likeness (QED) is 0.0373. The number of aromatic nitrogens is 7. The van der Waals surface area contributed by atoms with Gasteiger partial charge in [0.1, 0.15) is 36.8 Å². The highest BCUT2D eigenvalue weighted by Gasteiger charge is 2.57.